The van der Waals surface area contributed by atoms with Crippen molar-refractivity contribution in [2.75, 3.05) is 6.00 Å². The van der Waals surface area contributed by atoms with Crippen molar-refractivity contribution in [3.8, 4) is 0 Å². The molecule has 0 bridgehead atoms. The Bertz CT molecular complexity index is 912. The predicted octanol–water partition coefficient (Wildman–Crippen LogP) is 5.29. The maximum Gasteiger partial charge on any atom is 0.223 e. The van der Waals surface area contributed by atoms with Crippen molar-refractivity contribution in [2.45, 2.75) is 0 Å². The number of aliphatic imine (C=N–C) groups is 3. The molecule has 0 saturated heterocycles. The Labute approximate surface area is 141 Å². The van der Waals surface area contributed by atoms with E-state index < -0.39 is 0 Å². The van der Waals surface area contributed by atoms with Crippen molar-refractivity contribution in [3.63, 3.8) is 0 Å². The lowest BCUT2D eigenvalue weighted by atomic mass is 10.1. The molecule has 0 aliphatic rings. The molecule has 6 heteroatoms. The molecule has 0 spiro atoms. The summed E-state index contributed by atoms with van der Waals surface area (Å²) < 4.78 is 2.46. The molecule has 0 unspecified atom stereocenters. The molecule has 2 aromatic carbocycles. The molecule has 0 amide bonds. The van der Waals surface area contributed by atoms with Gasteiger partial charge in [-0.15, -0.1) is 22.9 Å². The first-order valence-corrected chi connectivity index (χ1v) is 8.19. The summed E-state index contributed by atoms with van der Waals surface area (Å²) in [6.07, 6.45) is 0. The third-order valence-corrected chi connectivity index (χ3v) is 4.65. The smallest absolute Gasteiger partial charge is 0.223 e. The van der Waals surface area contributed by atoms with Crippen LogP contribution in [0.2, 0.25) is 0 Å². The number of amidine groups is 2. The molecule has 3 aromatic rings. The van der Waals surface area contributed by atoms with Gasteiger partial charge in [0.1, 0.15) is 6.00 Å². The van der Waals surface area contributed by atoms with Crippen LogP contribution in [0.3, 0.4) is 0 Å². The first kappa shape index (κ1) is 15.2. The molecule has 0 fully saturated rings. The average molecular weight is 348 g/mol. The van der Waals surface area contributed by atoms with E-state index in [1.807, 2.05) is 18.2 Å². The van der Waals surface area contributed by atoms with Crippen molar-refractivity contribution < 1.29 is 0 Å². The Hall–Kier alpha value is -1.75. The van der Waals surface area contributed by atoms with Crippen molar-refractivity contribution in [3.05, 3.63) is 48.0 Å². The number of alkyl halides is 1. The minimum absolute atomic E-state index is 0.0409. The fourth-order valence-corrected chi connectivity index (χ4v) is 3.52. The molecule has 0 N–H and O–H groups in total. The third kappa shape index (κ3) is 2.90. The monoisotopic (exact) mass is 347 g/mol. The van der Waals surface area contributed by atoms with Crippen LogP contribution in [0.15, 0.2) is 57.4 Å². The number of halogens is 2. The number of hydrogen-bond donors (Lipinski definition) is 0. The molecule has 22 heavy (non-hydrogen) atoms. The van der Waals surface area contributed by atoms with Crippen molar-refractivity contribution in [1.82, 2.24) is 0 Å². The van der Waals surface area contributed by atoms with E-state index in [2.05, 4.69) is 46.0 Å². The Balaban J connectivity index is 2.19. The summed E-state index contributed by atoms with van der Waals surface area (Å²) in [7, 11) is 0. The molecule has 0 atom stereocenters. The highest BCUT2D eigenvalue weighted by molar-refractivity contribution is 7.25. The first-order valence-electron chi connectivity index (χ1n) is 6.46. The van der Waals surface area contributed by atoms with E-state index in [-0.39, 0.29) is 11.3 Å². The first-order chi connectivity index (χ1) is 10.7. The molecule has 0 aliphatic heterocycles. The topological polar surface area (TPSA) is 37.1 Å². The standard InChI is InChI=1S/C16H11Cl2N3S/c1-19-16(18)21-15(20-9-17)10-6-7-14-12(8-10)11-4-2-3-5-13(11)22-14/h2-8H,1,9H2/b20-15-,21-16-. The molecular weight excluding hydrogens is 337 g/mol. The van der Waals surface area contributed by atoms with E-state index in [4.69, 9.17) is 23.2 Å². The van der Waals surface area contributed by atoms with Crippen LogP contribution in [0.1, 0.15) is 5.56 Å². The van der Waals surface area contributed by atoms with Crippen LogP contribution in [-0.2, 0) is 0 Å². The Morgan fingerprint density at radius 3 is 2.64 bits per heavy atom. The SMILES string of the molecule is C=N/C(Cl)=N\C(=N/CCl)c1ccc2sc3ccccc3c2c1. The van der Waals surface area contributed by atoms with E-state index >= 15 is 0 Å². The molecule has 110 valence electrons. The van der Waals surface area contributed by atoms with Gasteiger partial charge in [0.05, 0.1) is 0 Å². The maximum atomic E-state index is 5.84. The van der Waals surface area contributed by atoms with Gasteiger partial charge >= 0.3 is 0 Å². The largest absolute Gasteiger partial charge is 0.250 e. The second kappa shape index (κ2) is 6.57. The fraction of sp³-hybridized carbons (Fsp3) is 0.0625. The summed E-state index contributed by atoms with van der Waals surface area (Å²) in [5.74, 6) is 0.449. The number of rotatable bonds is 2. The highest BCUT2D eigenvalue weighted by atomic mass is 35.5. The highest BCUT2D eigenvalue weighted by Crippen LogP contribution is 2.34. The summed E-state index contributed by atoms with van der Waals surface area (Å²) in [5.41, 5.74) is 0.846. The van der Waals surface area contributed by atoms with Gasteiger partial charge in [-0.05, 0) is 42.6 Å². The quantitative estimate of drug-likeness (QED) is 0.261. The number of thiophene rings is 1. The number of nitrogens with zero attached hydrogens (tertiary/aromatic N) is 3. The second-order valence-electron chi connectivity index (χ2n) is 4.45. The Morgan fingerprint density at radius 1 is 1.09 bits per heavy atom. The molecular formula is C16H11Cl2N3S. The summed E-state index contributed by atoms with van der Waals surface area (Å²) in [4.78, 5) is 11.9. The average Bonchev–Trinajstić information content (AvgIpc) is 2.92. The lowest BCUT2D eigenvalue weighted by Crippen LogP contribution is -2.00. The lowest BCUT2D eigenvalue weighted by molar-refractivity contribution is 1.33. The van der Waals surface area contributed by atoms with Crippen LogP contribution in [0.25, 0.3) is 20.2 Å². The van der Waals surface area contributed by atoms with Crippen LogP contribution < -0.4 is 0 Å². The summed E-state index contributed by atoms with van der Waals surface area (Å²) in [6.45, 7) is 3.35. The van der Waals surface area contributed by atoms with Crippen molar-refractivity contribution in [2.24, 2.45) is 15.0 Å². The zero-order valence-electron chi connectivity index (χ0n) is 11.5. The molecule has 0 radical (unpaired) electrons. The molecule has 0 aliphatic carbocycles. The van der Waals surface area contributed by atoms with Gasteiger partial charge in [0.15, 0.2) is 5.84 Å². The van der Waals surface area contributed by atoms with Crippen LogP contribution in [0.4, 0.5) is 0 Å². The summed E-state index contributed by atoms with van der Waals surface area (Å²) >= 11 is 13.3. The third-order valence-electron chi connectivity index (χ3n) is 3.17. The van der Waals surface area contributed by atoms with Crippen LogP contribution in [-0.4, -0.2) is 23.9 Å². The minimum Gasteiger partial charge on any atom is -0.250 e. The normalized spacial score (nSPS) is 13.0. The highest BCUT2D eigenvalue weighted by Gasteiger charge is 2.09. The summed E-state index contributed by atoms with van der Waals surface area (Å²) in [6, 6.07) is 14.5. The second-order valence-corrected chi connectivity index (χ2v) is 6.11. The van der Waals surface area contributed by atoms with E-state index in [1.54, 1.807) is 11.3 Å². The van der Waals surface area contributed by atoms with Crippen LogP contribution in [0, 0.1) is 0 Å². The molecule has 1 aromatic heterocycles. The van der Waals surface area contributed by atoms with Crippen LogP contribution >= 0.6 is 34.5 Å². The lowest BCUT2D eigenvalue weighted by Gasteiger charge is -2.02. The zero-order valence-corrected chi connectivity index (χ0v) is 13.8. The molecule has 0 saturated carbocycles. The van der Waals surface area contributed by atoms with E-state index in [0.29, 0.717) is 5.84 Å². The van der Waals surface area contributed by atoms with Gasteiger partial charge in [0, 0.05) is 25.7 Å². The van der Waals surface area contributed by atoms with Gasteiger partial charge in [-0.3, -0.25) is 0 Å². The zero-order chi connectivity index (χ0) is 15.5. The molecule has 3 rings (SSSR count). The molecule has 3 nitrogen and oxygen atoms in total. The summed E-state index contributed by atoms with van der Waals surface area (Å²) in [5, 5.41) is 2.42. The predicted molar refractivity (Wildman–Crippen MR) is 99.4 cm³/mol. The van der Waals surface area contributed by atoms with Crippen molar-refractivity contribution in [1.29, 1.82) is 0 Å². The Morgan fingerprint density at radius 2 is 1.86 bits per heavy atom. The maximum absolute atomic E-state index is 5.84. The number of fused-ring (bicyclic) bond motifs is 3. The van der Waals surface area contributed by atoms with Gasteiger partial charge in [-0.1, -0.05) is 18.2 Å². The van der Waals surface area contributed by atoms with E-state index in [1.165, 1.54) is 20.2 Å². The van der Waals surface area contributed by atoms with Gasteiger partial charge in [0.25, 0.3) is 0 Å². The van der Waals surface area contributed by atoms with E-state index in [9.17, 15) is 0 Å². The minimum atomic E-state index is 0.0409. The van der Waals surface area contributed by atoms with E-state index in [0.717, 1.165) is 5.56 Å². The number of benzene rings is 2. The Kier molecular flexibility index (Phi) is 4.52. The van der Waals surface area contributed by atoms with Gasteiger partial charge in [0.2, 0.25) is 5.29 Å². The van der Waals surface area contributed by atoms with Gasteiger partial charge in [-0.25, -0.2) is 9.98 Å². The number of hydrogen-bond acceptors (Lipinski definition) is 2. The van der Waals surface area contributed by atoms with Crippen molar-refractivity contribution >= 4 is 72.6 Å². The fourth-order valence-electron chi connectivity index (χ4n) is 2.24. The molecule has 1 heterocycles. The van der Waals surface area contributed by atoms with Crippen LogP contribution in [0.5, 0.6) is 0 Å². The van der Waals surface area contributed by atoms with Gasteiger partial charge in [-0.2, -0.15) is 4.99 Å². The van der Waals surface area contributed by atoms with Gasteiger partial charge < -0.3 is 0 Å².